The molecule has 0 N–H and O–H groups in total. The fourth-order valence-electron chi connectivity index (χ4n) is 4.32. The zero-order valence-electron chi connectivity index (χ0n) is 16.8. The lowest BCUT2D eigenvalue weighted by Crippen LogP contribution is -2.64. The first kappa shape index (κ1) is 19.6. The predicted octanol–water partition coefficient (Wildman–Crippen LogP) is 6.29. The summed E-state index contributed by atoms with van der Waals surface area (Å²) in [5, 5.41) is 0. The van der Waals surface area contributed by atoms with Gasteiger partial charge < -0.3 is 8.23 Å². The van der Waals surface area contributed by atoms with Gasteiger partial charge in [-0.3, -0.25) is 0 Å². The Morgan fingerprint density at radius 1 is 0.913 bits per heavy atom. The molecule has 0 spiro atoms. The average molecular weight is 371 g/mol. The van der Waals surface area contributed by atoms with E-state index in [-0.39, 0.29) is 0 Å². The summed E-state index contributed by atoms with van der Waals surface area (Å²) < 4.78 is 14.1. The second kappa shape index (κ2) is 6.24. The van der Waals surface area contributed by atoms with Crippen LogP contribution in [0.4, 0.5) is 0 Å². The number of hydrogen-bond acceptors (Lipinski definition) is 2. The number of fused-ring (bicyclic) bond motifs is 2. The van der Waals surface area contributed by atoms with Crippen molar-refractivity contribution in [1.82, 2.24) is 0 Å². The van der Waals surface area contributed by atoms with Crippen LogP contribution in [0.3, 0.4) is 0 Å². The Hall–Kier alpha value is 0.311. The Morgan fingerprint density at radius 2 is 1.43 bits per heavy atom. The summed E-state index contributed by atoms with van der Waals surface area (Å²) in [7, 11) is -5.53. The minimum atomic E-state index is -2.24. The van der Waals surface area contributed by atoms with Gasteiger partial charge in [-0.25, -0.2) is 0 Å². The molecule has 3 rings (SSSR count). The molecule has 0 unspecified atom stereocenters. The van der Waals surface area contributed by atoms with Crippen molar-refractivity contribution in [3.05, 3.63) is 12.2 Å². The topological polar surface area (TPSA) is 18.5 Å². The molecule has 0 aromatic carbocycles. The molecule has 1 aliphatic carbocycles. The lowest BCUT2D eigenvalue weighted by atomic mass is 9.82. The van der Waals surface area contributed by atoms with E-state index in [1.807, 2.05) is 0 Å². The zero-order valence-corrected chi connectivity index (χ0v) is 19.8. The van der Waals surface area contributed by atoms with Crippen molar-refractivity contribution < 1.29 is 8.23 Å². The molecule has 0 aromatic heterocycles. The monoisotopic (exact) mass is 370 g/mol. The molecule has 0 aromatic rings. The Balaban J connectivity index is 2.47. The maximum atomic E-state index is 7.07. The highest BCUT2D eigenvalue weighted by Crippen LogP contribution is 2.58. The molecule has 1 saturated heterocycles. The van der Waals surface area contributed by atoms with E-state index in [4.69, 9.17) is 8.23 Å². The predicted molar refractivity (Wildman–Crippen MR) is 108 cm³/mol. The smallest absolute Gasteiger partial charge is 0.328 e. The van der Waals surface area contributed by atoms with Crippen molar-refractivity contribution >= 4 is 25.2 Å². The van der Waals surface area contributed by atoms with Gasteiger partial charge in [0.25, 0.3) is 0 Å². The summed E-state index contributed by atoms with van der Waals surface area (Å²) in [4.78, 5) is 0. The van der Waals surface area contributed by atoms with Gasteiger partial charge in [-0.2, -0.15) is 0 Å². The number of hydrogen-bond donors (Lipinski definition) is 0. The Bertz CT molecular complexity index is 438. The van der Waals surface area contributed by atoms with E-state index in [0.29, 0.717) is 22.4 Å². The van der Waals surface area contributed by atoms with Gasteiger partial charge in [0, 0.05) is 11.1 Å². The van der Waals surface area contributed by atoms with E-state index in [9.17, 15) is 0 Å². The second-order valence-electron chi connectivity index (χ2n) is 10.8. The highest BCUT2D eigenvalue weighted by Gasteiger charge is 2.61. The van der Waals surface area contributed by atoms with Gasteiger partial charge in [0.15, 0.2) is 16.6 Å². The molecular weight excluding hydrogens is 332 g/mol. The first-order chi connectivity index (χ1) is 10.2. The van der Waals surface area contributed by atoms with Gasteiger partial charge in [0.05, 0.1) is 0 Å². The van der Waals surface area contributed by atoms with Crippen molar-refractivity contribution in [2.24, 2.45) is 11.3 Å². The number of rotatable bonds is 5. The lowest BCUT2D eigenvalue weighted by molar-refractivity contribution is 0.232. The van der Waals surface area contributed by atoms with Crippen LogP contribution in [-0.4, -0.2) is 25.2 Å². The van der Waals surface area contributed by atoms with Gasteiger partial charge in [-0.15, -0.1) is 0 Å². The van der Waals surface area contributed by atoms with Crippen LogP contribution in [0.2, 0.25) is 50.4 Å². The van der Waals surface area contributed by atoms with E-state index >= 15 is 0 Å². The molecule has 5 heteroatoms. The molecule has 2 nitrogen and oxygen atoms in total. The largest absolute Gasteiger partial charge is 0.436 e. The minimum absolute atomic E-state index is 0.333. The summed E-state index contributed by atoms with van der Waals surface area (Å²) >= 11 is 0. The quantitative estimate of drug-likeness (QED) is 0.418. The molecule has 2 aliphatic heterocycles. The molecular formula is C18H38O2Si3. The van der Waals surface area contributed by atoms with Gasteiger partial charge in [-0.05, 0) is 69.9 Å². The molecule has 1 fully saturated rings. The first-order valence-corrected chi connectivity index (χ1v) is 18.1. The Morgan fingerprint density at radius 3 is 1.78 bits per heavy atom. The van der Waals surface area contributed by atoms with E-state index in [2.05, 4.69) is 72.2 Å². The minimum Gasteiger partial charge on any atom is -0.436 e. The molecule has 2 bridgehead atoms. The van der Waals surface area contributed by atoms with Crippen LogP contribution < -0.4 is 0 Å². The standard InChI is InChI=1S/C18H38O2Si3/c1-18(2,3)14-17-15-10-12-16(13-11-15)23(17,19-21(4,5)6)20-22(7,8)9/h10,12,15-17H,11,13-14H2,1-9H3/t15-,16+,17-/m0/s1. The van der Waals surface area contributed by atoms with Gasteiger partial charge in [-0.1, -0.05) is 32.9 Å². The molecule has 0 radical (unpaired) electrons. The van der Waals surface area contributed by atoms with Crippen LogP contribution in [0.1, 0.15) is 40.0 Å². The van der Waals surface area contributed by atoms with Gasteiger partial charge in [0.2, 0.25) is 0 Å². The Labute approximate surface area is 147 Å². The van der Waals surface area contributed by atoms with Crippen LogP contribution in [0, 0.1) is 11.3 Å². The Kier molecular flexibility index (Phi) is 5.32. The molecule has 23 heavy (non-hydrogen) atoms. The van der Waals surface area contributed by atoms with Crippen LogP contribution >= 0.6 is 0 Å². The van der Waals surface area contributed by atoms with E-state index < -0.39 is 25.2 Å². The van der Waals surface area contributed by atoms with Crippen molar-refractivity contribution in [2.45, 2.75) is 90.4 Å². The molecule has 134 valence electrons. The molecule has 3 atom stereocenters. The van der Waals surface area contributed by atoms with Crippen LogP contribution in [0.25, 0.3) is 0 Å². The van der Waals surface area contributed by atoms with Crippen molar-refractivity contribution in [2.75, 3.05) is 0 Å². The van der Waals surface area contributed by atoms with Crippen LogP contribution in [0.5, 0.6) is 0 Å². The van der Waals surface area contributed by atoms with E-state index in [1.165, 1.54) is 19.3 Å². The summed E-state index contributed by atoms with van der Waals surface area (Å²) in [5.74, 6) is 0.679. The fourth-order valence-corrected chi connectivity index (χ4v) is 18.2. The first-order valence-electron chi connectivity index (χ1n) is 9.31. The highest BCUT2D eigenvalue weighted by molar-refractivity contribution is 6.90. The summed E-state index contributed by atoms with van der Waals surface area (Å²) in [6, 6.07) is 0. The maximum Gasteiger partial charge on any atom is 0.328 e. The number of allylic oxidation sites excluding steroid dienone is 2. The molecule has 0 saturated carbocycles. The lowest BCUT2D eigenvalue weighted by Gasteiger charge is -2.56. The average Bonchev–Trinajstić information content (AvgIpc) is 2.29. The third-order valence-electron chi connectivity index (χ3n) is 4.72. The van der Waals surface area contributed by atoms with Crippen molar-refractivity contribution in [1.29, 1.82) is 0 Å². The third-order valence-corrected chi connectivity index (χ3v) is 15.3. The molecule has 2 heterocycles. The summed E-state index contributed by atoms with van der Waals surface area (Å²) in [5.41, 5.74) is 1.53. The SMILES string of the molecule is CC(C)(C)C[C@H]1[C@H]2C=C[C@H](CC2)[Si]1(O[Si](C)(C)C)O[Si](C)(C)C. The molecule has 3 aliphatic rings. The second-order valence-corrected chi connectivity index (χ2v) is 23.8. The third kappa shape index (κ3) is 4.91. The van der Waals surface area contributed by atoms with Crippen LogP contribution in [0.15, 0.2) is 12.2 Å². The normalized spacial score (nSPS) is 30.7. The van der Waals surface area contributed by atoms with Crippen LogP contribution in [-0.2, 0) is 8.23 Å². The van der Waals surface area contributed by atoms with Gasteiger partial charge in [0.1, 0.15) is 0 Å². The zero-order chi connectivity index (χ0) is 17.7. The fraction of sp³-hybridized carbons (Fsp3) is 0.889. The highest BCUT2D eigenvalue weighted by atomic mass is 28.5. The van der Waals surface area contributed by atoms with Gasteiger partial charge >= 0.3 is 8.56 Å². The van der Waals surface area contributed by atoms with Crippen molar-refractivity contribution in [3.63, 3.8) is 0 Å². The van der Waals surface area contributed by atoms with Crippen molar-refractivity contribution in [3.8, 4) is 0 Å². The summed E-state index contributed by atoms with van der Waals surface area (Å²) in [6.07, 6.45) is 8.82. The van der Waals surface area contributed by atoms with E-state index in [0.717, 1.165) is 0 Å². The van der Waals surface area contributed by atoms with E-state index in [1.54, 1.807) is 0 Å². The molecule has 0 amide bonds. The maximum absolute atomic E-state index is 7.07. The summed E-state index contributed by atoms with van der Waals surface area (Å²) in [6.45, 7) is 21.2.